The maximum Gasteiger partial charge on any atom is 0.251 e. The molecule has 7 nitrogen and oxygen atoms in total. The van der Waals surface area contributed by atoms with Gasteiger partial charge >= 0.3 is 0 Å². The highest BCUT2D eigenvalue weighted by Gasteiger charge is 2.27. The molecule has 3 rings (SSSR count). The monoisotopic (exact) mass is 312 g/mol. The predicted molar refractivity (Wildman–Crippen MR) is 82.0 cm³/mol. The molecular formula is C16H16N4O3. The lowest BCUT2D eigenvalue weighted by atomic mass is 10.0. The third kappa shape index (κ3) is 3.29. The van der Waals surface area contributed by atoms with E-state index in [9.17, 15) is 9.90 Å². The summed E-state index contributed by atoms with van der Waals surface area (Å²) in [7, 11) is 0. The van der Waals surface area contributed by atoms with E-state index in [0.717, 1.165) is 0 Å². The molecule has 0 saturated heterocycles. The van der Waals surface area contributed by atoms with E-state index in [4.69, 9.17) is 4.42 Å². The van der Waals surface area contributed by atoms with E-state index >= 15 is 0 Å². The molecule has 3 aromatic heterocycles. The number of rotatable bonds is 5. The van der Waals surface area contributed by atoms with Gasteiger partial charge in [0, 0.05) is 24.2 Å². The molecule has 0 aromatic carbocycles. The van der Waals surface area contributed by atoms with Gasteiger partial charge in [0.2, 0.25) is 0 Å². The first kappa shape index (κ1) is 15.0. The molecule has 1 atom stereocenters. The first-order chi connectivity index (χ1) is 11.1. The zero-order valence-electron chi connectivity index (χ0n) is 12.5. The molecule has 0 radical (unpaired) electrons. The van der Waals surface area contributed by atoms with Crippen molar-refractivity contribution in [1.29, 1.82) is 0 Å². The number of hydrogen-bond acceptors (Lipinski definition) is 5. The number of aromatic nitrogens is 3. The fraction of sp³-hybridized carbons (Fsp3) is 0.188. The van der Waals surface area contributed by atoms with E-state index in [-0.39, 0.29) is 12.5 Å². The fourth-order valence-electron chi connectivity index (χ4n) is 2.12. The van der Waals surface area contributed by atoms with Crippen molar-refractivity contribution in [2.24, 2.45) is 0 Å². The maximum atomic E-state index is 12.3. The SMILES string of the molecule is CC(O)(CNC(=O)c1ccnc(-n2ccnc2)c1)c1ccco1. The second-order valence-corrected chi connectivity index (χ2v) is 5.31. The van der Waals surface area contributed by atoms with Crippen LogP contribution in [0.1, 0.15) is 23.0 Å². The minimum atomic E-state index is -1.28. The summed E-state index contributed by atoms with van der Waals surface area (Å²) in [5, 5.41) is 13.0. The van der Waals surface area contributed by atoms with Crippen molar-refractivity contribution in [3.63, 3.8) is 0 Å². The lowest BCUT2D eigenvalue weighted by molar-refractivity contribution is 0.0330. The number of amides is 1. The van der Waals surface area contributed by atoms with Crippen molar-refractivity contribution in [3.8, 4) is 5.82 Å². The average molecular weight is 312 g/mol. The van der Waals surface area contributed by atoms with Crippen LogP contribution in [0.5, 0.6) is 0 Å². The molecule has 23 heavy (non-hydrogen) atoms. The average Bonchev–Trinajstić information content (AvgIpc) is 3.25. The number of nitrogens with zero attached hydrogens (tertiary/aromatic N) is 3. The van der Waals surface area contributed by atoms with Crippen molar-refractivity contribution >= 4 is 5.91 Å². The second kappa shape index (κ2) is 6.05. The summed E-state index contributed by atoms with van der Waals surface area (Å²) in [4.78, 5) is 20.4. The van der Waals surface area contributed by atoms with Crippen LogP contribution in [0, 0.1) is 0 Å². The molecule has 0 aliphatic heterocycles. The topological polar surface area (TPSA) is 93.2 Å². The van der Waals surface area contributed by atoms with Gasteiger partial charge in [0.25, 0.3) is 5.91 Å². The van der Waals surface area contributed by atoms with Crippen molar-refractivity contribution in [1.82, 2.24) is 19.9 Å². The van der Waals surface area contributed by atoms with Crippen LogP contribution in [0.2, 0.25) is 0 Å². The number of pyridine rings is 1. The van der Waals surface area contributed by atoms with Crippen LogP contribution < -0.4 is 5.32 Å². The number of imidazole rings is 1. The van der Waals surface area contributed by atoms with Crippen LogP contribution in [0.15, 0.2) is 59.9 Å². The largest absolute Gasteiger partial charge is 0.466 e. The number of hydrogen-bond donors (Lipinski definition) is 2. The Balaban J connectivity index is 1.70. The van der Waals surface area contributed by atoms with Gasteiger partial charge in [-0.2, -0.15) is 0 Å². The quantitative estimate of drug-likeness (QED) is 0.744. The molecule has 0 aliphatic carbocycles. The molecule has 3 heterocycles. The number of nitrogens with one attached hydrogen (secondary N) is 1. The molecule has 0 saturated carbocycles. The summed E-state index contributed by atoms with van der Waals surface area (Å²) >= 11 is 0. The zero-order chi connectivity index (χ0) is 16.3. The molecule has 1 amide bonds. The van der Waals surface area contributed by atoms with E-state index in [1.807, 2.05) is 0 Å². The molecule has 0 bridgehead atoms. The first-order valence-electron chi connectivity index (χ1n) is 7.05. The van der Waals surface area contributed by atoms with E-state index in [1.165, 1.54) is 6.26 Å². The van der Waals surface area contributed by atoms with Gasteiger partial charge in [-0.15, -0.1) is 0 Å². The van der Waals surface area contributed by atoms with Gasteiger partial charge < -0.3 is 14.8 Å². The van der Waals surface area contributed by atoms with Gasteiger partial charge in [0.05, 0.1) is 12.8 Å². The zero-order valence-corrected chi connectivity index (χ0v) is 12.5. The molecule has 7 heteroatoms. The van der Waals surface area contributed by atoms with Crippen molar-refractivity contribution < 1.29 is 14.3 Å². The molecule has 2 N–H and O–H groups in total. The van der Waals surface area contributed by atoms with Crippen LogP contribution in [0.3, 0.4) is 0 Å². The molecule has 0 spiro atoms. The molecule has 0 aliphatic rings. The van der Waals surface area contributed by atoms with Gasteiger partial charge in [0.1, 0.15) is 23.5 Å². The summed E-state index contributed by atoms with van der Waals surface area (Å²) in [6.45, 7) is 1.61. The number of carbonyl (C=O) groups excluding carboxylic acids is 1. The normalized spacial score (nSPS) is 13.5. The van der Waals surface area contributed by atoms with Gasteiger partial charge in [-0.3, -0.25) is 9.36 Å². The van der Waals surface area contributed by atoms with Crippen LogP contribution in [0.25, 0.3) is 5.82 Å². The fourth-order valence-corrected chi connectivity index (χ4v) is 2.12. The first-order valence-corrected chi connectivity index (χ1v) is 7.05. The number of furan rings is 1. The van der Waals surface area contributed by atoms with E-state index in [0.29, 0.717) is 17.1 Å². The van der Waals surface area contributed by atoms with Crippen LogP contribution in [0.4, 0.5) is 0 Å². The minimum Gasteiger partial charge on any atom is -0.466 e. The van der Waals surface area contributed by atoms with Crippen LogP contribution in [-0.2, 0) is 5.60 Å². The lowest BCUT2D eigenvalue weighted by Crippen LogP contribution is -2.38. The maximum absolute atomic E-state index is 12.3. The highest BCUT2D eigenvalue weighted by atomic mass is 16.4. The predicted octanol–water partition coefficient (Wildman–Crippen LogP) is 1.50. The Morgan fingerprint density at radius 1 is 1.43 bits per heavy atom. The van der Waals surface area contributed by atoms with Crippen molar-refractivity contribution in [3.05, 3.63) is 66.8 Å². The van der Waals surface area contributed by atoms with E-state index < -0.39 is 5.60 Å². The second-order valence-electron chi connectivity index (χ2n) is 5.31. The summed E-state index contributed by atoms with van der Waals surface area (Å²) in [6, 6.07) is 6.61. The van der Waals surface area contributed by atoms with E-state index in [1.54, 1.807) is 60.7 Å². The van der Waals surface area contributed by atoms with Crippen LogP contribution in [-0.4, -0.2) is 32.1 Å². The Kier molecular flexibility index (Phi) is 3.94. The molecule has 1 unspecified atom stereocenters. The highest BCUT2D eigenvalue weighted by molar-refractivity contribution is 5.94. The Bertz CT molecular complexity index is 780. The molecule has 3 aromatic rings. The summed E-state index contributed by atoms with van der Waals surface area (Å²) in [5.41, 5.74) is -0.835. The summed E-state index contributed by atoms with van der Waals surface area (Å²) < 4.78 is 6.89. The van der Waals surface area contributed by atoms with Crippen molar-refractivity contribution in [2.75, 3.05) is 6.54 Å². The van der Waals surface area contributed by atoms with Gasteiger partial charge in [0.15, 0.2) is 0 Å². The Labute approximate surface area is 132 Å². The van der Waals surface area contributed by atoms with E-state index in [2.05, 4.69) is 15.3 Å². The Morgan fingerprint density at radius 3 is 3.00 bits per heavy atom. The van der Waals surface area contributed by atoms with Crippen molar-refractivity contribution in [2.45, 2.75) is 12.5 Å². The molecule has 0 fully saturated rings. The Morgan fingerprint density at radius 2 is 2.30 bits per heavy atom. The molecule has 118 valence electrons. The minimum absolute atomic E-state index is 0.0298. The van der Waals surface area contributed by atoms with Gasteiger partial charge in [-0.25, -0.2) is 9.97 Å². The van der Waals surface area contributed by atoms with Gasteiger partial charge in [-0.05, 0) is 31.2 Å². The third-order valence-electron chi connectivity index (χ3n) is 3.42. The summed E-state index contributed by atoms with van der Waals surface area (Å²) in [5.74, 6) is 0.681. The van der Waals surface area contributed by atoms with Crippen LogP contribution >= 0.6 is 0 Å². The lowest BCUT2D eigenvalue weighted by Gasteiger charge is -2.21. The number of aliphatic hydroxyl groups is 1. The number of carbonyl (C=O) groups is 1. The molecular weight excluding hydrogens is 296 g/mol. The highest BCUT2D eigenvalue weighted by Crippen LogP contribution is 2.20. The standard InChI is InChI=1S/C16H16N4O3/c1-16(22,13-3-2-8-23-13)10-19-15(21)12-4-5-18-14(9-12)20-7-6-17-11-20/h2-9,11,22H,10H2,1H3,(H,19,21). The van der Waals surface area contributed by atoms with Gasteiger partial charge in [-0.1, -0.05) is 0 Å². The summed E-state index contributed by atoms with van der Waals surface area (Å²) in [6.07, 6.45) is 8.01. The Hall–Kier alpha value is -2.93. The smallest absolute Gasteiger partial charge is 0.251 e. The third-order valence-corrected chi connectivity index (χ3v) is 3.42.